The molecule has 6 heteroatoms. The summed E-state index contributed by atoms with van der Waals surface area (Å²) in [6.45, 7) is 9.99. The van der Waals surface area contributed by atoms with Gasteiger partial charge in [0.1, 0.15) is 5.78 Å². The molecule has 0 spiro atoms. The first kappa shape index (κ1) is 20.3. The van der Waals surface area contributed by atoms with Gasteiger partial charge in [0.25, 0.3) is 0 Å². The fourth-order valence-corrected chi connectivity index (χ4v) is 2.83. The number of halogens is 1. The van der Waals surface area contributed by atoms with E-state index in [0.29, 0.717) is 17.9 Å². The van der Waals surface area contributed by atoms with Crippen LogP contribution in [0.3, 0.4) is 0 Å². The average molecular weight is 352 g/mol. The molecular weight excluding hydrogens is 326 g/mol. The average Bonchev–Trinajstić information content (AvgIpc) is 2.56. The molecule has 1 aliphatic heterocycles. The molecule has 0 aromatic heterocycles. The Labute approximate surface area is 149 Å². The van der Waals surface area contributed by atoms with E-state index in [1.807, 2.05) is 6.92 Å². The van der Waals surface area contributed by atoms with E-state index in [-0.39, 0.29) is 11.7 Å². The van der Waals surface area contributed by atoms with E-state index in [9.17, 15) is 9.59 Å². The molecule has 132 valence electrons. The first-order chi connectivity index (χ1) is 11.5. The Kier molecular flexibility index (Phi) is 9.27. The number of allylic oxidation sites excluding steroid dienone is 3. The van der Waals surface area contributed by atoms with Crippen molar-refractivity contribution in [3.8, 4) is 0 Å². The number of piperidine rings is 1. The lowest BCUT2D eigenvalue weighted by atomic mass is 9.89. The van der Waals surface area contributed by atoms with Crippen molar-refractivity contribution in [2.24, 2.45) is 10.9 Å². The summed E-state index contributed by atoms with van der Waals surface area (Å²) in [7, 11) is 0. The summed E-state index contributed by atoms with van der Waals surface area (Å²) in [4.78, 5) is 29.0. The lowest BCUT2D eigenvalue weighted by molar-refractivity contribution is -0.123. The van der Waals surface area contributed by atoms with Crippen molar-refractivity contribution in [2.75, 3.05) is 19.6 Å². The molecule has 1 saturated heterocycles. The van der Waals surface area contributed by atoms with Crippen molar-refractivity contribution in [1.29, 1.82) is 0 Å². The molecule has 0 aromatic carbocycles. The Morgan fingerprint density at radius 3 is 2.58 bits per heavy atom. The number of carbonyl (C=O) groups is 2. The third kappa shape index (κ3) is 7.23. The Bertz CT molecular complexity index is 540. The minimum atomic E-state index is 0.0983. The molecule has 1 fully saturated rings. The van der Waals surface area contributed by atoms with Gasteiger partial charge in [-0.1, -0.05) is 24.3 Å². The summed E-state index contributed by atoms with van der Waals surface area (Å²) in [5, 5.41) is 3.05. The van der Waals surface area contributed by atoms with Crippen LogP contribution in [0.15, 0.2) is 40.7 Å². The summed E-state index contributed by atoms with van der Waals surface area (Å²) < 4.78 is 0. The molecule has 1 heterocycles. The molecule has 0 bridgehead atoms. The molecule has 0 radical (unpaired) electrons. The summed E-state index contributed by atoms with van der Waals surface area (Å²) in [5.74, 6) is 0.346. The van der Waals surface area contributed by atoms with Crippen molar-refractivity contribution in [1.82, 2.24) is 10.2 Å². The lowest BCUT2D eigenvalue weighted by Gasteiger charge is -2.31. The molecule has 1 aliphatic rings. The summed E-state index contributed by atoms with van der Waals surface area (Å²) in [6, 6.07) is 0. The number of aliphatic imine (C=N–C) groups is 1. The smallest absolute Gasteiger partial charge is 0.211 e. The molecule has 1 amide bonds. The van der Waals surface area contributed by atoms with Crippen LogP contribution in [0.25, 0.3) is 0 Å². The fraction of sp³-hybridized carbons (Fsp3) is 0.500. The zero-order chi connectivity index (χ0) is 17.9. The molecule has 0 saturated carbocycles. The number of amides is 1. The normalized spacial score (nSPS) is 18.4. The van der Waals surface area contributed by atoms with Crippen molar-refractivity contribution in [3.05, 3.63) is 35.7 Å². The summed E-state index contributed by atoms with van der Waals surface area (Å²) in [5.41, 5.74) is 1.79. The van der Waals surface area contributed by atoms with Crippen LogP contribution in [-0.4, -0.2) is 42.4 Å². The van der Waals surface area contributed by atoms with Gasteiger partial charge >= 0.3 is 0 Å². The molecule has 1 N–H and O–H groups in total. The third-order valence-electron chi connectivity index (χ3n) is 4.08. The minimum Gasteiger partial charge on any atom is -0.334 e. The van der Waals surface area contributed by atoms with Gasteiger partial charge in [-0.25, -0.2) is 0 Å². The second-order valence-electron chi connectivity index (χ2n) is 5.92. The van der Waals surface area contributed by atoms with Gasteiger partial charge in [0, 0.05) is 42.0 Å². The van der Waals surface area contributed by atoms with Gasteiger partial charge in [0.2, 0.25) is 6.41 Å². The number of nitrogens with one attached hydrogen (secondary N) is 1. The largest absolute Gasteiger partial charge is 0.334 e. The monoisotopic (exact) mass is 351 g/mol. The Hall–Kier alpha value is -1.72. The maximum atomic E-state index is 12.4. The molecule has 1 rings (SSSR count). The van der Waals surface area contributed by atoms with E-state index < -0.39 is 0 Å². The number of likely N-dealkylation sites (tertiary alicyclic amines) is 1. The standard InChI is InChI=1S/C18H26ClN3O2/c1-4-16(15(3)19)11-18(24)17-5-9-22(10-6-17)12-14(2)21-8-7-20-13-23/h4,7-8,13,17H,1,5-6,9-12H2,2-3H3,(H,20,23)/b8-7-,16-15-,21-14?. The Morgan fingerprint density at radius 2 is 2.04 bits per heavy atom. The van der Waals surface area contributed by atoms with Crippen molar-refractivity contribution in [3.63, 3.8) is 0 Å². The number of rotatable bonds is 9. The van der Waals surface area contributed by atoms with E-state index in [1.165, 1.54) is 6.20 Å². The maximum absolute atomic E-state index is 12.4. The first-order valence-electron chi connectivity index (χ1n) is 8.08. The molecule has 24 heavy (non-hydrogen) atoms. The fourth-order valence-electron chi connectivity index (χ4n) is 2.69. The molecule has 5 nitrogen and oxygen atoms in total. The van der Waals surface area contributed by atoms with Gasteiger partial charge in [-0.15, -0.1) is 0 Å². The first-order valence-corrected chi connectivity index (χ1v) is 8.46. The maximum Gasteiger partial charge on any atom is 0.211 e. The van der Waals surface area contributed by atoms with Crippen LogP contribution in [0, 0.1) is 5.92 Å². The van der Waals surface area contributed by atoms with Gasteiger partial charge in [-0.05, 0) is 45.4 Å². The van der Waals surface area contributed by atoms with E-state index in [0.717, 1.165) is 43.8 Å². The molecule has 0 aromatic rings. The van der Waals surface area contributed by atoms with E-state index in [2.05, 4.69) is 21.8 Å². The highest BCUT2D eigenvalue weighted by Crippen LogP contribution is 2.23. The lowest BCUT2D eigenvalue weighted by Crippen LogP contribution is -2.38. The molecule has 0 unspecified atom stereocenters. The topological polar surface area (TPSA) is 61.8 Å². The van der Waals surface area contributed by atoms with Crippen molar-refractivity contribution < 1.29 is 9.59 Å². The number of carbonyl (C=O) groups excluding carboxylic acids is 2. The van der Waals surface area contributed by atoms with Crippen molar-refractivity contribution >= 4 is 29.5 Å². The van der Waals surface area contributed by atoms with Gasteiger partial charge in [0.15, 0.2) is 0 Å². The summed E-state index contributed by atoms with van der Waals surface area (Å²) >= 11 is 5.97. The number of ketones is 1. The number of hydrogen-bond donors (Lipinski definition) is 1. The number of nitrogens with zero attached hydrogens (tertiary/aromatic N) is 2. The summed E-state index contributed by atoms with van der Waals surface area (Å²) in [6.07, 6.45) is 7.42. The van der Waals surface area contributed by atoms with Gasteiger partial charge in [-0.2, -0.15) is 0 Å². The van der Waals surface area contributed by atoms with E-state index >= 15 is 0 Å². The zero-order valence-electron chi connectivity index (χ0n) is 14.4. The van der Waals surface area contributed by atoms with Crippen LogP contribution in [0.5, 0.6) is 0 Å². The molecule has 0 atom stereocenters. The zero-order valence-corrected chi connectivity index (χ0v) is 15.2. The second-order valence-corrected chi connectivity index (χ2v) is 6.49. The highest BCUT2D eigenvalue weighted by molar-refractivity contribution is 6.29. The van der Waals surface area contributed by atoms with Gasteiger partial charge < -0.3 is 5.32 Å². The quantitative estimate of drug-likeness (QED) is 0.394. The Morgan fingerprint density at radius 1 is 1.38 bits per heavy atom. The highest BCUT2D eigenvalue weighted by atomic mass is 35.5. The molecular formula is C18H26ClN3O2. The SMILES string of the molecule is C=C/C(CC(=O)C1CCN(CC(C)=N/C=C\NC=O)CC1)=C(\C)Cl. The van der Waals surface area contributed by atoms with Gasteiger partial charge in [0.05, 0.1) is 0 Å². The van der Waals surface area contributed by atoms with Crippen LogP contribution in [0.2, 0.25) is 0 Å². The van der Waals surface area contributed by atoms with Crippen LogP contribution < -0.4 is 5.32 Å². The van der Waals surface area contributed by atoms with E-state index in [4.69, 9.17) is 11.6 Å². The van der Waals surface area contributed by atoms with Crippen molar-refractivity contribution in [2.45, 2.75) is 33.1 Å². The van der Waals surface area contributed by atoms with E-state index in [1.54, 1.807) is 19.2 Å². The van der Waals surface area contributed by atoms with Crippen LogP contribution in [-0.2, 0) is 9.59 Å². The predicted octanol–water partition coefficient (Wildman–Crippen LogP) is 3.03. The number of hydrogen-bond acceptors (Lipinski definition) is 4. The Balaban J connectivity index is 2.43. The van der Waals surface area contributed by atoms with Crippen LogP contribution in [0.1, 0.15) is 33.1 Å². The number of Topliss-reactive ketones (excluding diaryl/α,β-unsaturated/α-hetero) is 1. The highest BCUT2D eigenvalue weighted by Gasteiger charge is 2.25. The van der Waals surface area contributed by atoms with Crippen LogP contribution >= 0.6 is 11.6 Å². The second kappa shape index (κ2) is 10.9. The molecule has 0 aliphatic carbocycles. The van der Waals surface area contributed by atoms with Crippen LogP contribution in [0.4, 0.5) is 0 Å². The minimum absolute atomic E-state index is 0.0983. The third-order valence-corrected chi connectivity index (χ3v) is 4.33. The predicted molar refractivity (Wildman–Crippen MR) is 99.0 cm³/mol. The van der Waals surface area contributed by atoms with Gasteiger partial charge in [-0.3, -0.25) is 19.5 Å².